The molecule has 0 aromatic carbocycles. The van der Waals surface area contributed by atoms with Gasteiger partial charge in [0.05, 0.1) is 0 Å². The van der Waals surface area contributed by atoms with E-state index in [-0.39, 0.29) is 18.0 Å². The quantitative estimate of drug-likeness (QED) is 0.804. The maximum absolute atomic E-state index is 12.1. The zero-order valence-electron chi connectivity index (χ0n) is 12.2. The molecule has 3 atom stereocenters. The van der Waals surface area contributed by atoms with Gasteiger partial charge in [-0.15, -0.1) is 0 Å². The van der Waals surface area contributed by atoms with Gasteiger partial charge < -0.3 is 15.5 Å². The minimum atomic E-state index is -0.0103. The molecule has 112 valence electrons. The molecule has 3 aliphatic rings. The average Bonchev–Trinajstić information content (AvgIpc) is 3.01. The van der Waals surface area contributed by atoms with Crippen molar-refractivity contribution >= 4 is 11.9 Å². The van der Waals surface area contributed by atoms with Crippen LogP contribution in [0.2, 0.25) is 0 Å². The van der Waals surface area contributed by atoms with E-state index in [0.717, 1.165) is 31.8 Å². The third-order valence-electron chi connectivity index (χ3n) is 5.33. The van der Waals surface area contributed by atoms with Gasteiger partial charge in [-0.25, -0.2) is 4.79 Å². The summed E-state index contributed by atoms with van der Waals surface area (Å²) in [7, 11) is 0. The maximum atomic E-state index is 12.1. The Kier molecular flexibility index (Phi) is 3.85. The van der Waals surface area contributed by atoms with Gasteiger partial charge in [-0.05, 0) is 43.9 Å². The van der Waals surface area contributed by atoms with Crippen molar-refractivity contribution in [3.8, 4) is 0 Å². The summed E-state index contributed by atoms with van der Waals surface area (Å²) in [6, 6.07) is 0.596. The first-order valence-corrected chi connectivity index (χ1v) is 7.94. The fraction of sp³-hybridized carbons (Fsp3) is 0.867. The summed E-state index contributed by atoms with van der Waals surface area (Å²) < 4.78 is 0. The van der Waals surface area contributed by atoms with E-state index in [0.29, 0.717) is 12.0 Å². The van der Waals surface area contributed by atoms with E-state index in [1.807, 2.05) is 4.90 Å². The first-order valence-electron chi connectivity index (χ1n) is 7.94. The van der Waals surface area contributed by atoms with E-state index in [1.54, 1.807) is 6.92 Å². The molecule has 2 saturated carbocycles. The minimum Gasteiger partial charge on any atom is -0.343 e. The molecular weight excluding hydrogens is 254 g/mol. The second-order valence-electron chi connectivity index (χ2n) is 6.68. The highest BCUT2D eigenvalue weighted by Crippen LogP contribution is 2.44. The Labute approximate surface area is 120 Å². The van der Waals surface area contributed by atoms with Crippen LogP contribution in [0.5, 0.6) is 0 Å². The predicted molar refractivity (Wildman–Crippen MR) is 76.2 cm³/mol. The van der Waals surface area contributed by atoms with E-state index >= 15 is 0 Å². The van der Waals surface area contributed by atoms with Crippen molar-refractivity contribution in [1.82, 2.24) is 15.5 Å². The lowest BCUT2D eigenvalue weighted by atomic mass is 9.95. The molecule has 5 nitrogen and oxygen atoms in total. The van der Waals surface area contributed by atoms with Crippen LogP contribution in [-0.4, -0.2) is 42.0 Å². The largest absolute Gasteiger partial charge is 0.343 e. The standard InChI is InChI=1S/C15H25N3O2/c1-10(19)18-6-4-13(5-7-18)16-15(20)17-14-9-11-2-3-12(14)8-11/h11-14H,2-9H2,1H3,(H2,16,17,20). The van der Waals surface area contributed by atoms with Gasteiger partial charge in [0.1, 0.15) is 0 Å². The van der Waals surface area contributed by atoms with Crippen LogP contribution < -0.4 is 10.6 Å². The predicted octanol–water partition coefficient (Wildman–Crippen LogP) is 1.49. The Hall–Kier alpha value is -1.26. The number of nitrogens with zero attached hydrogens (tertiary/aromatic N) is 1. The Morgan fingerprint density at radius 2 is 1.75 bits per heavy atom. The van der Waals surface area contributed by atoms with Crippen LogP contribution in [0.3, 0.4) is 0 Å². The minimum absolute atomic E-state index is 0.0103. The molecule has 2 N–H and O–H groups in total. The van der Waals surface area contributed by atoms with Crippen LogP contribution in [0.25, 0.3) is 0 Å². The number of rotatable bonds is 2. The number of carbonyl (C=O) groups excluding carboxylic acids is 2. The Bertz CT molecular complexity index is 391. The number of fused-ring (bicyclic) bond motifs is 2. The maximum Gasteiger partial charge on any atom is 0.315 e. The number of amides is 3. The Morgan fingerprint density at radius 1 is 1.00 bits per heavy atom. The molecule has 0 radical (unpaired) electrons. The lowest BCUT2D eigenvalue weighted by Gasteiger charge is -2.32. The van der Waals surface area contributed by atoms with Crippen LogP contribution in [0.1, 0.15) is 45.4 Å². The first kappa shape index (κ1) is 13.7. The highest BCUT2D eigenvalue weighted by molar-refractivity contribution is 5.75. The van der Waals surface area contributed by atoms with Crippen molar-refractivity contribution in [2.24, 2.45) is 11.8 Å². The molecule has 0 aromatic heterocycles. The van der Waals surface area contributed by atoms with Crippen LogP contribution in [0.4, 0.5) is 4.79 Å². The molecule has 0 spiro atoms. The van der Waals surface area contributed by atoms with Gasteiger partial charge >= 0.3 is 6.03 Å². The van der Waals surface area contributed by atoms with Crippen molar-refractivity contribution in [1.29, 1.82) is 0 Å². The monoisotopic (exact) mass is 279 g/mol. The first-order chi connectivity index (χ1) is 9.61. The molecule has 0 aromatic rings. The van der Waals surface area contributed by atoms with Gasteiger partial charge in [0.15, 0.2) is 0 Å². The highest BCUT2D eigenvalue weighted by atomic mass is 16.2. The topological polar surface area (TPSA) is 61.4 Å². The van der Waals surface area contributed by atoms with Gasteiger partial charge in [0.2, 0.25) is 5.91 Å². The molecule has 3 unspecified atom stereocenters. The van der Waals surface area contributed by atoms with Gasteiger partial charge in [-0.2, -0.15) is 0 Å². The summed E-state index contributed by atoms with van der Waals surface area (Å²) in [4.78, 5) is 25.2. The number of hydrogen-bond acceptors (Lipinski definition) is 2. The number of urea groups is 1. The van der Waals surface area contributed by atoms with Crippen LogP contribution in [-0.2, 0) is 4.79 Å². The lowest BCUT2D eigenvalue weighted by Crippen LogP contribution is -2.51. The highest BCUT2D eigenvalue weighted by Gasteiger charge is 2.40. The lowest BCUT2D eigenvalue weighted by molar-refractivity contribution is -0.129. The van der Waals surface area contributed by atoms with E-state index in [1.165, 1.54) is 25.7 Å². The Balaban J connectivity index is 1.40. The van der Waals surface area contributed by atoms with Gasteiger partial charge in [-0.1, -0.05) is 6.42 Å². The second-order valence-corrected chi connectivity index (χ2v) is 6.68. The molecular formula is C15H25N3O2. The van der Waals surface area contributed by atoms with E-state index in [4.69, 9.17) is 0 Å². The van der Waals surface area contributed by atoms with Crippen molar-refractivity contribution in [2.75, 3.05) is 13.1 Å². The van der Waals surface area contributed by atoms with Crippen LogP contribution in [0, 0.1) is 11.8 Å². The molecule has 2 bridgehead atoms. The summed E-state index contributed by atoms with van der Waals surface area (Å²) in [5, 5.41) is 6.24. The summed E-state index contributed by atoms with van der Waals surface area (Å²) in [5.41, 5.74) is 0. The number of likely N-dealkylation sites (tertiary alicyclic amines) is 1. The zero-order valence-corrected chi connectivity index (χ0v) is 12.2. The van der Waals surface area contributed by atoms with Crippen molar-refractivity contribution < 1.29 is 9.59 Å². The number of piperidine rings is 1. The van der Waals surface area contributed by atoms with Crippen molar-refractivity contribution in [2.45, 2.75) is 57.5 Å². The summed E-state index contributed by atoms with van der Waals surface area (Å²) in [6.45, 7) is 3.12. The molecule has 20 heavy (non-hydrogen) atoms. The fourth-order valence-corrected chi connectivity index (χ4v) is 4.16. The normalized spacial score (nSPS) is 33.2. The fourth-order valence-electron chi connectivity index (χ4n) is 4.16. The van der Waals surface area contributed by atoms with Crippen molar-refractivity contribution in [3.63, 3.8) is 0 Å². The van der Waals surface area contributed by atoms with Crippen LogP contribution in [0.15, 0.2) is 0 Å². The Morgan fingerprint density at radius 3 is 2.30 bits per heavy atom. The molecule has 1 heterocycles. The molecule has 1 saturated heterocycles. The van der Waals surface area contributed by atoms with Gasteiger partial charge in [-0.3, -0.25) is 4.79 Å². The summed E-state index contributed by atoms with van der Waals surface area (Å²) in [5.74, 6) is 1.70. The SMILES string of the molecule is CC(=O)N1CCC(NC(=O)NC2CC3CCC2C3)CC1. The molecule has 3 fully saturated rings. The van der Waals surface area contributed by atoms with E-state index in [9.17, 15) is 9.59 Å². The summed E-state index contributed by atoms with van der Waals surface area (Å²) in [6.07, 6.45) is 6.84. The zero-order chi connectivity index (χ0) is 14.1. The molecule has 5 heteroatoms. The third kappa shape index (κ3) is 2.91. The average molecular weight is 279 g/mol. The van der Waals surface area contributed by atoms with Crippen LogP contribution >= 0.6 is 0 Å². The second kappa shape index (κ2) is 5.62. The number of nitrogens with one attached hydrogen (secondary N) is 2. The smallest absolute Gasteiger partial charge is 0.315 e. The van der Waals surface area contributed by atoms with Crippen molar-refractivity contribution in [3.05, 3.63) is 0 Å². The van der Waals surface area contributed by atoms with E-state index in [2.05, 4.69) is 10.6 Å². The number of carbonyl (C=O) groups is 2. The number of hydrogen-bond donors (Lipinski definition) is 2. The molecule has 3 rings (SSSR count). The molecule has 1 aliphatic heterocycles. The molecule has 3 amide bonds. The summed E-state index contributed by atoms with van der Waals surface area (Å²) >= 11 is 0. The third-order valence-corrected chi connectivity index (χ3v) is 5.33. The van der Waals surface area contributed by atoms with E-state index < -0.39 is 0 Å². The van der Waals surface area contributed by atoms with Gasteiger partial charge in [0, 0.05) is 32.1 Å². The molecule has 2 aliphatic carbocycles. The van der Waals surface area contributed by atoms with Gasteiger partial charge in [0.25, 0.3) is 0 Å².